The van der Waals surface area contributed by atoms with E-state index in [0.717, 1.165) is 5.56 Å². The molecule has 2 atom stereocenters. The molecule has 0 aliphatic rings. The summed E-state index contributed by atoms with van der Waals surface area (Å²) < 4.78 is 21.7. The van der Waals surface area contributed by atoms with Crippen molar-refractivity contribution in [2.75, 3.05) is 13.2 Å². The number of hydrogen-bond donors (Lipinski definition) is 1. The first-order chi connectivity index (χ1) is 9.52. The van der Waals surface area contributed by atoms with Crippen LogP contribution in [0.15, 0.2) is 29.2 Å². The van der Waals surface area contributed by atoms with Crippen LogP contribution in [0, 0.1) is 6.92 Å². The zero-order valence-corrected chi connectivity index (χ0v) is 12.5. The Kier molecular flexibility index (Phi) is 7.43. The fourth-order valence-corrected chi connectivity index (χ4v) is 2.15. The van der Waals surface area contributed by atoms with Crippen molar-refractivity contribution < 1.29 is 23.0 Å². The number of aryl methyl sites for hydroxylation is 1. The molecule has 1 aromatic rings. The number of carbonyl (C=O) groups is 1. The maximum Gasteiger partial charge on any atom is 0.305 e. The Morgan fingerprint density at radius 3 is 2.55 bits per heavy atom. The Morgan fingerprint density at radius 2 is 1.95 bits per heavy atom. The molecule has 112 valence electrons. The van der Waals surface area contributed by atoms with Crippen LogP contribution in [0.4, 0.5) is 0 Å². The summed E-state index contributed by atoms with van der Waals surface area (Å²) in [7, 11) is 0. The number of esters is 1. The SMILES string of the molecule is CCCC(=O)OCC(O)COS(=O)c1ccc(C)cc1. The first kappa shape index (κ1) is 16.8. The van der Waals surface area contributed by atoms with Crippen LogP contribution in [0.2, 0.25) is 0 Å². The van der Waals surface area contributed by atoms with Gasteiger partial charge in [-0.3, -0.25) is 8.98 Å². The molecule has 1 N–H and O–H groups in total. The van der Waals surface area contributed by atoms with E-state index in [1.807, 2.05) is 26.0 Å². The van der Waals surface area contributed by atoms with E-state index in [4.69, 9.17) is 8.92 Å². The molecule has 2 unspecified atom stereocenters. The molecule has 0 bridgehead atoms. The lowest BCUT2D eigenvalue weighted by Crippen LogP contribution is -2.24. The van der Waals surface area contributed by atoms with Crippen molar-refractivity contribution in [3.63, 3.8) is 0 Å². The molecule has 0 fully saturated rings. The fraction of sp³-hybridized carbons (Fsp3) is 0.500. The van der Waals surface area contributed by atoms with Crippen molar-refractivity contribution in [3.05, 3.63) is 29.8 Å². The molecule has 0 saturated heterocycles. The molecule has 0 heterocycles. The summed E-state index contributed by atoms with van der Waals surface area (Å²) in [6.45, 7) is 3.50. The second-order valence-electron chi connectivity index (χ2n) is 4.42. The topological polar surface area (TPSA) is 72.8 Å². The van der Waals surface area contributed by atoms with Gasteiger partial charge in [-0.05, 0) is 25.5 Å². The van der Waals surface area contributed by atoms with E-state index in [1.54, 1.807) is 12.1 Å². The molecule has 1 rings (SSSR count). The highest BCUT2D eigenvalue weighted by molar-refractivity contribution is 7.80. The summed E-state index contributed by atoms with van der Waals surface area (Å²) in [4.78, 5) is 11.6. The quantitative estimate of drug-likeness (QED) is 0.740. The number of rotatable bonds is 8. The summed E-state index contributed by atoms with van der Waals surface area (Å²) in [6.07, 6.45) is 0.0383. The van der Waals surface area contributed by atoms with E-state index in [2.05, 4.69) is 0 Å². The second kappa shape index (κ2) is 8.84. The molecular weight excluding hydrogens is 280 g/mol. The normalized spacial score (nSPS) is 13.8. The van der Waals surface area contributed by atoms with Crippen LogP contribution in [0.1, 0.15) is 25.3 Å². The standard InChI is InChI=1S/C14H20O5S/c1-3-4-14(16)18-9-12(15)10-19-20(17)13-7-5-11(2)6-8-13/h5-8,12,15H,3-4,9-10H2,1-2H3. The van der Waals surface area contributed by atoms with Gasteiger partial charge in [0.05, 0.1) is 11.5 Å². The molecule has 0 spiro atoms. The van der Waals surface area contributed by atoms with E-state index in [0.29, 0.717) is 17.7 Å². The maximum absolute atomic E-state index is 11.8. The van der Waals surface area contributed by atoms with Crippen molar-refractivity contribution in [2.45, 2.75) is 37.7 Å². The molecule has 0 aromatic heterocycles. The van der Waals surface area contributed by atoms with Gasteiger partial charge in [0.25, 0.3) is 0 Å². The minimum absolute atomic E-state index is 0.149. The summed E-state index contributed by atoms with van der Waals surface area (Å²) in [6, 6.07) is 7.08. The van der Waals surface area contributed by atoms with Gasteiger partial charge in [-0.1, -0.05) is 24.6 Å². The lowest BCUT2D eigenvalue weighted by molar-refractivity contribution is -0.147. The Morgan fingerprint density at radius 1 is 1.30 bits per heavy atom. The van der Waals surface area contributed by atoms with Gasteiger partial charge < -0.3 is 9.84 Å². The number of aliphatic hydroxyl groups excluding tert-OH is 1. The largest absolute Gasteiger partial charge is 0.463 e. The summed E-state index contributed by atoms with van der Waals surface area (Å²) in [5, 5.41) is 9.57. The van der Waals surface area contributed by atoms with Gasteiger partial charge in [-0.2, -0.15) is 0 Å². The lowest BCUT2D eigenvalue weighted by atomic mass is 10.2. The van der Waals surface area contributed by atoms with Crippen molar-refractivity contribution in [1.29, 1.82) is 0 Å². The molecule has 0 aliphatic carbocycles. The molecule has 6 heteroatoms. The first-order valence-electron chi connectivity index (χ1n) is 6.48. The number of carbonyl (C=O) groups excluding carboxylic acids is 1. The Balaban J connectivity index is 2.30. The molecule has 0 radical (unpaired) electrons. The number of aliphatic hydroxyl groups is 1. The summed E-state index contributed by atoms with van der Waals surface area (Å²) >= 11 is -1.63. The van der Waals surface area contributed by atoms with Gasteiger partial charge in [0, 0.05) is 6.42 Å². The third-order valence-corrected chi connectivity index (χ3v) is 3.48. The average molecular weight is 300 g/mol. The highest BCUT2D eigenvalue weighted by atomic mass is 32.2. The number of hydrogen-bond acceptors (Lipinski definition) is 5. The van der Waals surface area contributed by atoms with Crippen molar-refractivity contribution >= 4 is 17.0 Å². The average Bonchev–Trinajstić information content (AvgIpc) is 2.43. The highest BCUT2D eigenvalue weighted by Crippen LogP contribution is 2.09. The molecule has 0 aliphatic heterocycles. The van der Waals surface area contributed by atoms with Crippen LogP contribution in [0.5, 0.6) is 0 Å². The first-order valence-corrected chi connectivity index (χ1v) is 7.55. The molecule has 0 saturated carbocycles. The van der Waals surface area contributed by atoms with E-state index in [-0.39, 0.29) is 19.2 Å². The molecule has 5 nitrogen and oxygen atoms in total. The molecule has 0 amide bonds. The second-order valence-corrected chi connectivity index (χ2v) is 5.60. The third-order valence-electron chi connectivity index (χ3n) is 2.47. The Bertz CT molecular complexity index is 443. The van der Waals surface area contributed by atoms with Gasteiger partial charge >= 0.3 is 5.97 Å². The predicted octanol–water partition coefficient (Wildman–Crippen LogP) is 1.74. The van der Waals surface area contributed by atoms with E-state index >= 15 is 0 Å². The monoisotopic (exact) mass is 300 g/mol. The van der Waals surface area contributed by atoms with Crippen molar-refractivity contribution in [1.82, 2.24) is 0 Å². The lowest BCUT2D eigenvalue weighted by Gasteiger charge is -2.11. The smallest absolute Gasteiger partial charge is 0.305 e. The van der Waals surface area contributed by atoms with E-state index in [1.165, 1.54) is 0 Å². The highest BCUT2D eigenvalue weighted by Gasteiger charge is 2.12. The zero-order valence-electron chi connectivity index (χ0n) is 11.7. The number of ether oxygens (including phenoxy) is 1. The Hall–Kier alpha value is -1.24. The van der Waals surface area contributed by atoms with Crippen molar-refractivity contribution in [2.24, 2.45) is 0 Å². The van der Waals surface area contributed by atoms with E-state index < -0.39 is 17.2 Å². The van der Waals surface area contributed by atoms with Gasteiger partial charge in [-0.15, -0.1) is 0 Å². The summed E-state index contributed by atoms with van der Waals surface area (Å²) in [5.74, 6) is -0.355. The van der Waals surface area contributed by atoms with Crippen molar-refractivity contribution in [3.8, 4) is 0 Å². The Labute approximate surface area is 121 Å². The van der Waals surface area contributed by atoms with E-state index in [9.17, 15) is 14.1 Å². The number of benzene rings is 1. The predicted molar refractivity (Wildman–Crippen MR) is 75.4 cm³/mol. The van der Waals surface area contributed by atoms with Crippen LogP contribution < -0.4 is 0 Å². The third kappa shape index (κ3) is 6.27. The summed E-state index contributed by atoms with van der Waals surface area (Å²) in [5.41, 5.74) is 1.06. The zero-order chi connectivity index (χ0) is 15.0. The maximum atomic E-state index is 11.8. The van der Waals surface area contributed by atoms with Gasteiger partial charge in [-0.25, -0.2) is 4.21 Å². The fourth-order valence-electron chi connectivity index (χ4n) is 1.37. The molecular formula is C14H20O5S. The minimum Gasteiger partial charge on any atom is -0.463 e. The van der Waals surface area contributed by atoms with Crippen LogP contribution in [-0.4, -0.2) is 34.6 Å². The van der Waals surface area contributed by atoms with Gasteiger partial charge in [0.15, 0.2) is 11.1 Å². The van der Waals surface area contributed by atoms with Crippen LogP contribution in [0.3, 0.4) is 0 Å². The minimum atomic E-state index is -1.63. The molecule has 20 heavy (non-hydrogen) atoms. The van der Waals surface area contributed by atoms with Crippen LogP contribution in [0.25, 0.3) is 0 Å². The van der Waals surface area contributed by atoms with Gasteiger partial charge in [0.1, 0.15) is 12.7 Å². The van der Waals surface area contributed by atoms with Crippen LogP contribution >= 0.6 is 0 Å². The van der Waals surface area contributed by atoms with Crippen LogP contribution in [-0.2, 0) is 24.8 Å². The molecule has 1 aromatic carbocycles. The van der Waals surface area contributed by atoms with Gasteiger partial charge in [0.2, 0.25) is 0 Å².